The van der Waals surface area contributed by atoms with Gasteiger partial charge in [-0.1, -0.05) is 12.1 Å². The van der Waals surface area contributed by atoms with Crippen molar-refractivity contribution in [1.29, 1.82) is 0 Å². The minimum atomic E-state index is -0.394. The summed E-state index contributed by atoms with van der Waals surface area (Å²) >= 11 is 0. The molecule has 1 fully saturated rings. The van der Waals surface area contributed by atoms with E-state index >= 15 is 0 Å². The van der Waals surface area contributed by atoms with Gasteiger partial charge in [0, 0.05) is 19.2 Å². The molecule has 1 aromatic carbocycles. The zero-order chi connectivity index (χ0) is 14.8. The molecule has 1 N–H and O–H groups in total. The van der Waals surface area contributed by atoms with E-state index < -0.39 is 6.10 Å². The molecule has 2 heterocycles. The summed E-state index contributed by atoms with van der Waals surface area (Å²) < 4.78 is 10.8. The van der Waals surface area contributed by atoms with Gasteiger partial charge in [-0.2, -0.15) is 0 Å². The van der Waals surface area contributed by atoms with Crippen LogP contribution in [0.25, 0.3) is 11.0 Å². The Balaban J connectivity index is 1.93. The number of aliphatic hydroxyl groups is 1. The van der Waals surface area contributed by atoms with Crippen molar-refractivity contribution >= 4 is 16.9 Å². The summed E-state index contributed by atoms with van der Waals surface area (Å²) in [5.74, 6) is -0.350. The number of fused-ring (bicyclic) bond motifs is 1. The second kappa shape index (κ2) is 5.67. The highest BCUT2D eigenvalue weighted by atomic mass is 16.5. The topological polar surface area (TPSA) is 80.0 Å². The van der Waals surface area contributed by atoms with Crippen molar-refractivity contribution in [2.75, 3.05) is 26.3 Å². The van der Waals surface area contributed by atoms with Crippen molar-refractivity contribution < 1.29 is 19.1 Å². The molecule has 0 radical (unpaired) electrons. The van der Waals surface area contributed by atoms with Crippen LogP contribution in [-0.2, 0) is 4.74 Å². The molecule has 1 unspecified atom stereocenters. The Morgan fingerprint density at radius 3 is 3.00 bits per heavy atom. The highest BCUT2D eigenvalue weighted by Gasteiger charge is 2.26. The van der Waals surface area contributed by atoms with E-state index in [1.165, 1.54) is 11.0 Å². The number of ether oxygens (including phenoxy) is 1. The summed E-state index contributed by atoms with van der Waals surface area (Å²) in [5, 5.41) is 9.56. The number of aliphatic hydroxyl groups excluding tert-OH is 1. The van der Waals surface area contributed by atoms with Crippen LogP contribution in [0.5, 0.6) is 0 Å². The van der Waals surface area contributed by atoms with Crippen LogP contribution in [0.3, 0.4) is 0 Å². The molecule has 1 aliphatic heterocycles. The summed E-state index contributed by atoms with van der Waals surface area (Å²) in [4.78, 5) is 26.0. The zero-order valence-corrected chi connectivity index (χ0v) is 11.3. The van der Waals surface area contributed by atoms with E-state index in [0.29, 0.717) is 24.1 Å². The predicted octanol–water partition coefficient (Wildman–Crippen LogP) is 0.626. The van der Waals surface area contributed by atoms with Gasteiger partial charge in [0.25, 0.3) is 5.91 Å². The number of rotatable bonds is 2. The maximum Gasteiger partial charge on any atom is 0.289 e. The van der Waals surface area contributed by atoms with Crippen LogP contribution in [-0.4, -0.2) is 48.3 Å². The Kier molecular flexibility index (Phi) is 3.72. The lowest BCUT2D eigenvalue weighted by atomic mass is 10.2. The van der Waals surface area contributed by atoms with Crippen LogP contribution in [0.4, 0.5) is 0 Å². The van der Waals surface area contributed by atoms with Crippen molar-refractivity contribution in [3.8, 4) is 0 Å². The molecule has 3 rings (SSSR count). The Bertz CT molecular complexity index is 723. The molecule has 6 nitrogen and oxygen atoms in total. The van der Waals surface area contributed by atoms with Gasteiger partial charge in [0.05, 0.1) is 24.7 Å². The maximum absolute atomic E-state index is 12.4. The fourth-order valence-electron chi connectivity index (χ4n) is 2.38. The maximum atomic E-state index is 12.4. The first-order valence-corrected chi connectivity index (χ1v) is 6.73. The third kappa shape index (κ3) is 2.68. The zero-order valence-electron chi connectivity index (χ0n) is 11.3. The molecule has 110 valence electrons. The quantitative estimate of drug-likeness (QED) is 0.877. The molecule has 0 aliphatic carbocycles. The highest BCUT2D eigenvalue weighted by molar-refractivity contribution is 5.93. The average Bonchev–Trinajstić information content (AvgIpc) is 2.54. The van der Waals surface area contributed by atoms with Crippen molar-refractivity contribution in [2.45, 2.75) is 6.10 Å². The molecule has 21 heavy (non-hydrogen) atoms. The van der Waals surface area contributed by atoms with Crippen molar-refractivity contribution in [3.05, 3.63) is 46.3 Å². The monoisotopic (exact) mass is 289 g/mol. The minimum absolute atomic E-state index is 0.0114. The van der Waals surface area contributed by atoms with E-state index in [4.69, 9.17) is 14.3 Å². The van der Waals surface area contributed by atoms with Crippen LogP contribution in [0.15, 0.2) is 39.5 Å². The number of carbonyl (C=O) groups is 1. The summed E-state index contributed by atoms with van der Waals surface area (Å²) in [5.41, 5.74) is 0.146. The fourth-order valence-corrected chi connectivity index (χ4v) is 2.38. The van der Waals surface area contributed by atoms with Crippen LogP contribution >= 0.6 is 0 Å². The third-order valence-electron chi connectivity index (χ3n) is 3.48. The standard InChI is InChI=1S/C15H15NO5/c17-9-10-8-16(5-6-20-10)15(19)14-7-12(18)11-3-1-2-4-13(11)21-14/h1-4,7,10,17H,5-6,8-9H2. The van der Waals surface area contributed by atoms with Crippen LogP contribution in [0.1, 0.15) is 10.6 Å². The second-order valence-corrected chi connectivity index (χ2v) is 4.90. The van der Waals surface area contributed by atoms with Gasteiger partial charge < -0.3 is 19.2 Å². The Hall–Kier alpha value is -2.18. The average molecular weight is 289 g/mol. The molecule has 6 heteroatoms. The Morgan fingerprint density at radius 1 is 1.38 bits per heavy atom. The van der Waals surface area contributed by atoms with Crippen LogP contribution in [0.2, 0.25) is 0 Å². The number of nitrogens with zero attached hydrogens (tertiary/aromatic N) is 1. The number of hydrogen-bond donors (Lipinski definition) is 1. The van der Waals surface area contributed by atoms with Gasteiger partial charge >= 0.3 is 0 Å². The molecular weight excluding hydrogens is 274 g/mol. The number of para-hydroxylation sites is 1. The van der Waals surface area contributed by atoms with E-state index in [-0.39, 0.29) is 30.2 Å². The fraction of sp³-hybridized carbons (Fsp3) is 0.333. The lowest BCUT2D eigenvalue weighted by Gasteiger charge is -2.31. The van der Waals surface area contributed by atoms with E-state index in [2.05, 4.69) is 0 Å². The molecule has 0 bridgehead atoms. The van der Waals surface area contributed by atoms with Gasteiger partial charge in [-0.05, 0) is 12.1 Å². The molecule has 1 aromatic heterocycles. The summed E-state index contributed by atoms with van der Waals surface area (Å²) in [6.45, 7) is 0.901. The minimum Gasteiger partial charge on any atom is -0.451 e. The normalized spacial score (nSPS) is 18.9. The van der Waals surface area contributed by atoms with Gasteiger partial charge in [-0.25, -0.2) is 0 Å². The van der Waals surface area contributed by atoms with Gasteiger partial charge in [-0.15, -0.1) is 0 Å². The van der Waals surface area contributed by atoms with Crippen molar-refractivity contribution in [3.63, 3.8) is 0 Å². The second-order valence-electron chi connectivity index (χ2n) is 4.90. The smallest absolute Gasteiger partial charge is 0.289 e. The molecular formula is C15H15NO5. The summed E-state index contributed by atoms with van der Waals surface area (Å²) in [6.07, 6.45) is -0.394. The number of morpholine rings is 1. The molecule has 0 spiro atoms. The van der Waals surface area contributed by atoms with Gasteiger partial charge in [0.2, 0.25) is 0 Å². The van der Waals surface area contributed by atoms with Gasteiger partial charge in [0.15, 0.2) is 11.2 Å². The van der Waals surface area contributed by atoms with Gasteiger partial charge in [-0.3, -0.25) is 9.59 Å². The number of carbonyl (C=O) groups excluding carboxylic acids is 1. The molecule has 1 saturated heterocycles. The van der Waals surface area contributed by atoms with Crippen molar-refractivity contribution in [2.24, 2.45) is 0 Å². The van der Waals surface area contributed by atoms with Crippen LogP contribution < -0.4 is 5.43 Å². The van der Waals surface area contributed by atoms with Crippen molar-refractivity contribution in [1.82, 2.24) is 4.90 Å². The summed E-state index contributed by atoms with van der Waals surface area (Å²) in [7, 11) is 0. The Labute approximate surface area is 120 Å². The van der Waals surface area contributed by atoms with E-state index in [9.17, 15) is 9.59 Å². The highest BCUT2D eigenvalue weighted by Crippen LogP contribution is 2.15. The first-order chi connectivity index (χ1) is 10.2. The SMILES string of the molecule is O=C(c1cc(=O)c2ccccc2o1)N1CCOC(CO)C1. The molecule has 1 aliphatic rings. The number of amides is 1. The van der Waals surface area contributed by atoms with E-state index in [1.807, 2.05) is 0 Å². The Morgan fingerprint density at radius 2 is 2.19 bits per heavy atom. The van der Waals surface area contributed by atoms with Crippen LogP contribution in [0, 0.1) is 0 Å². The lowest BCUT2D eigenvalue weighted by Crippen LogP contribution is -2.47. The molecule has 1 amide bonds. The van der Waals surface area contributed by atoms with E-state index in [0.717, 1.165) is 0 Å². The largest absolute Gasteiger partial charge is 0.451 e. The first kappa shape index (κ1) is 13.8. The summed E-state index contributed by atoms with van der Waals surface area (Å²) in [6, 6.07) is 8.02. The third-order valence-corrected chi connectivity index (χ3v) is 3.48. The number of benzene rings is 1. The first-order valence-electron chi connectivity index (χ1n) is 6.73. The lowest BCUT2D eigenvalue weighted by molar-refractivity contribution is -0.0453. The molecule has 2 aromatic rings. The number of hydrogen-bond acceptors (Lipinski definition) is 5. The molecule has 1 atom stereocenters. The van der Waals surface area contributed by atoms with E-state index in [1.54, 1.807) is 24.3 Å². The van der Waals surface area contributed by atoms with Gasteiger partial charge in [0.1, 0.15) is 5.58 Å². The molecule has 0 saturated carbocycles. The predicted molar refractivity (Wildman–Crippen MR) is 75.2 cm³/mol.